The lowest BCUT2D eigenvalue weighted by Gasteiger charge is -2.07. The minimum absolute atomic E-state index is 0.161. The predicted octanol–water partition coefficient (Wildman–Crippen LogP) is 1.88. The molecule has 0 bridgehead atoms. The zero-order chi connectivity index (χ0) is 12.4. The molecule has 1 fully saturated rings. The molecule has 2 aliphatic rings. The van der Waals surface area contributed by atoms with Crippen LogP contribution in [0.15, 0.2) is 16.6 Å². The number of carboxylic acid groups (broad SMARTS) is 1. The molecule has 1 saturated carbocycles. The molecule has 2 N–H and O–H groups in total. The van der Waals surface area contributed by atoms with E-state index in [2.05, 4.69) is 21.2 Å². The Bertz CT molecular complexity index is 574. The van der Waals surface area contributed by atoms with Crippen LogP contribution in [0, 0.1) is 11.7 Å². The van der Waals surface area contributed by atoms with Gasteiger partial charge in [-0.05, 0) is 34.5 Å². The van der Waals surface area contributed by atoms with Gasteiger partial charge in [-0.15, -0.1) is 0 Å². The molecule has 1 spiro atoms. The van der Waals surface area contributed by atoms with Gasteiger partial charge in [0.05, 0.1) is 17.0 Å². The molecule has 88 valence electrons. The normalized spacial score (nSPS) is 29.1. The third-order valence-electron chi connectivity index (χ3n) is 3.45. The van der Waals surface area contributed by atoms with Crippen molar-refractivity contribution in [2.75, 3.05) is 5.32 Å². The maximum atomic E-state index is 13.8. The molecule has 17 heavy (non-hydrogen) atoms. The van der Waals surface area contributed by atoms with Gasteiger partial charge in [-0.2, -0.15) is 0 Å². The third-order valence-corrected chi connectivity index (χ3v) is 4.11. The number of carbonyl (C=O) groups excluding carboxylic acids is 1. The van der Waals surface area contributed by atoms with Crippen molar-refractivity contribution in [1.29, 1.82) is 0 Å². The van der Waals surface area contributed by atoms with Gasteiger partial charge in [0.2, 0.25) is 5.91 Å². The second kappa shape index (κ2) is 3.07. The molecule has 2 unspecified atom stereocenters. The Balaban J connectivity index is 2.22. The number of rotatable bonds is 1. The second-order valence-electron chi connectivity index (χ2n) is 4.30. The van der Waals surface area contributed by atoms with Crippen LogP contribution in [0.25, 0.3) is 0 Å². The number of amides is 1. The maximum Gasteiger partial charge on any atom is 0.307 e. The molecular formula is C11H7BrFNO3. The molecule has 1 aromatic rings. The van der Waals surface area contributed by atoms with Crippen LogP contribution in [0.2, 0.25) is 0 Å². The van der Waals surface area contributed by atoms with E-state index in [4.69, 9.17) is 5.11 Å². The average molecular weight is 300 g/mol. The highest BCUT2D eigenvalue weighted by Crippen LogP contribution is 2.61. The minimum atomic E-state index is -1.20. The molecular weight excluding hydrogens is 293 g/mol. The molecule has 1 amide bonds. The summed E-state index contributed by atoms with van der Waals surface area (Å²) in [7, 11) is 0. The number of anilines is 1. The fraction of sp³-hybridized carbons (Fsp3) is 0.273. The largest absolute Gasteiger partial charge is 0.481 e. The second-order valence-corrected chi connectivity index (χ2v) is 5.15. The van der Waals surface area contributed by atoms with E-state index in [9.17, 15) is 14.0 Å². The number of halogens is 2. The number of hydrogen-bond donors (Lipinski definition) is 2. The monoisotopic (exact) mass is 299 g/mol. The summed E-state index contributed by atoms with van der Waals surface area (Å²) >= 11 is 3.22. The van der Waals surface area contributed by atoms with E-state index < -0.39 is 29.0 Å². The van der Waals surface area contributed by atoms with Gasteiger partial charge in [0.1, 0.15) is 5.82 Å². The lowest BCUT2D eigenvalue weighted by Crippen LogP contribution is -2.24. The van der Waals surface area contributed by atoms with Crippen LogP contribution in [0.1, 0.15) is 12.0 Å². The van der Waals surface area contributed by atoms with Crippen LogP contribution in [0.3, 0.4) is 0 Å². The van der Waals surface area contributed by atoms with Crippen molar-refractivity contribution in [2.45, 2.75) is 11.8 Å². The van der Waals surface area contributed by atoms with E-state index in [0.717, 1.165) is 0 Å². The first-order valence-electron chi connectivity index (χ1n) is 5.01. The van der Waals surface area contributed by atoms with E-state index >= 15 is 0 Å². The van der Waals surface area contributed by atoms with Crippen molar-refractivity contribution in [3.63, 3.8) is 0 Å². The predicted molar refractivity (Wildman–Crippen MR) is 60.2 cm³/mol. The molecule has 0 saturated heterocycles. The quantitative estimate of drug-likeness (QED) is 0.832. The SMILES string of the molecule is O=C(O)C1CC12C(=O)Nc1c(Br)ccc(F)c12. The van der Waals surface area contributed by atoms with Gasteiger partial charge in [0.15, 0.2) is 0 Å². The summed E-state index contributed by atoms with van der Waals surface area (Å²) in [5.74, 6) is -2.85. The van der Waals surface area contributed by atoms with Crippen molar-refractivity contribution >= 4 is 33.5 Å². The van der Waals surface area contributed by atoms with Gasteiger partial charge in [-0.25, -0.2) is 4.39 Å². The van der Waals surface area contributed by atoms with Gasteiger partial charge in [-0.3, -0.25) is 9.59 Å². The first-order valence-corrected chi connectivity index (χ1v) is 5.80. The van der Waals surface area contributed by atoms with E-state index in [-0.39, 0.29) is 12.0 Å². The number of hydrogen-bond acceptors (Lipinski definition) is 2. The highest BCUT2D eigenvalue weighted by molar-refractivity contribution is 9.10. The van der Waals surface area contributed by atoms with Gasteiger partial charge in [-0.1, -0.05) is 0 Å². The zero-order valence-electron chi connectivity index (χ0n) is 8.46. The average Bonchev–Trinajstić information content (AvgIpc) is 2.92. The summed E-state index contributed by atoms with van der Waals surface area (Å²) in [6, 6.07) is 2.73. The van der Waals surface area contributed by atoms with Crippen molar-refractivity contribution in [3.8, 4) is 0 Å². The van der Waals surface area contributed by atoms with Crippen molar-refractivity contribution in [1.82, 2.24) is 0 Å². The topological polar surface area (TPSA) is 66.4 Å². The van der Waals surface area contributed by atoms with Crippen LogP contribution < -0.4 is 5.32 Å². The van der Waals surface area contributed by atoms with Crippen LogP contribution in [0.4, 0.5) is 10.1 Å². The van der Waals surface area contributed by atoms with Crippen molar-refractivity contribution in [2.24, 2.45) is 5.92 Å². The number of carboxylic acids is 1. The molecule has 6 heteroatoms. The molecule has 3 rings (SSSR count). The molecule has 0 radical (unpaired) electrons. The Morgan fingerprint density at radius 2 is 2.29 bits per heavy atom. The molecule has 1 aromatic carbocycles. The fourth-order valence-electron chi connectivity index (χ4n) is 2.54. The molecule has 2 atom stereocenters. The van der Waals surface area contributed by atoms with Gasteiger partial charge < -0.3 is 10.4 Å². The Hall–Kier alpha value is -1.43. The smallest absolute Gasteiger partial charge is 0.307 e. The Labute approximate surface area is 104 Å². The maximum absolute atomic E-state index is 13.8. The van der Waals surface area contributed by atoms with Crippen LogP contribution in [0.5, 0.6) is 0 Å². The summed E-state index contributed by atoms with van der Waals surface area (Å²) < 4.78 is 14.4. The van der Waals surface area contributed by atoms with Crippen LogP contribution >= 0.6 is 15.9 Å². The molecule has 1 heterocycles. The summed E-state index contributed by atoms with van der Waals surface area (Å²) in [4.78, 5) is 22.8. The summed E-state index contributed by atoms with van der Waals surface area (Å²) in [5.41, 5.74) is -0.655. The zero-order valence-corrected chi connectivity index (χ0v) is 10.0. The summed E-state index contributed by atoms with van der Waals surface area (Å²) in [6.45, 7) is 0. The highest BCUT2D eigenvalue weighted by Gasteiger charge is 2.69. The molecule has 4 nitrogen and oxygen atoms in total. The van der Waals surface area contributed by atoms with E-state index in [1.807, 2.05) is 0 Å². The first kappa shape index (κ1) is 10.7. The van der Waals surface area contributed by atoms with Gasteiger partial charge in [0, 0.05) is 10.0 Å². The lowest BCUT2D eigenvalue weighted by atomic mass is 9.94. The minimum Gasteiger partial charge on any atom is -0.481 e. The van der Waals surface area contributed by atoms with E-state index in [0.29, 0.717) is 10.2 Å². The van der Waals surface area contributed by atoms with E-state index in [1.54, 1.807) is 0 Å². The number of aliphatic carboxylic acids is 1. The Morgan fingerprint density at radius 3 is 2.88 bits per heavy atom. The fourth-order valence-corrected chi connectivity index (χ4v) is 2.97. The van der Waals surface area contributed by atoms with Gasteiger partial charge >= 0.3 is 5.97 Å². The Kier molecular flexibility index (Phi) is 1.93. The molecule has 0 aromatic heterocycles. The number of nitrogens with one attached hydrogen (secondary N) is 1. The molecule has 1 aliphatic heterocycles. The van der Waals surface area contributed by atoms with Crippen LogP contribution in [-0.2, 0) is 15.0 Å². The number of carbonyl (C=O) groups is 2. The number of fused-ring (bicyclic) bond motifs is 2. The summed E-state index contributed by atoms with van der Waals surface area (Å²) in [6.07, 6.45) is 0.161. The van der Waals surface area contributed by atoms with Crippen molar-refractivity contribution in [3.05, 3.63) is 28.0 Å². The lowest BCUT2D eigenvalue weighted by molar-refractivity contribution is -0.140. The van der Waals surface area contributed by atoms with E-state index in [1.165, 1.54) is 12.1 Å². The van der Waals surface area contributed by atoms with Crippen LogP contribution in [-0.4, -0.2) is 17.0 Å². The first-order chi connectivity index (χ1) is 7.98. The third kappa shape index (κ3) is 1.16. The standard InChI is InChI=1S/C11H7BrFNO3/c12-5-1-2-6(13)7-8(5)14-10(17)11(7)3-4(11)9(15)16/h1-2,4H,3H2,(H,14,17)(H,15,16). The van der Waals surface area contributed by atoms with Crippen molar-refractivity contribution < 1.29 is 19.1 Å². The molecule has 1 aliphatic carbocycles. The summed E-state index contributed by atoms with van der Waals surface area (Å²) in [5, 5.41) is 11.5. The number of benzene rings is 1. The Morgan fingerprint density at radius 1 is 1.59 bits per heavy atom. The van der Waals surface area contributed by atoms with Gasteiger partial charge in [0.25, 0.3) is 0 Å². The highest BCUT2D eigenvalue weighted by atomic mass is 79.9.